The van der Waals surface area contributed by atoms with Gasteiger partial charge in [0.25, 0.3) is 0 Å². The maximum atomic E-state index is 13.0. The third-order valence-corrected chi connectivity index (χ3v) is 5.60. The van der Waals surface area contributed by atoms with Crippen LogP contribution in [0.5, 0.6) is 0 Å². The summed E-state index contributed by atoms with van der Waals surface area (Å²) < 4.78 is 44.7. The summed E-state index contributed by atoms with van der Waals surface area (Å²) in [7, 11) is 1.76. The molecule has 1 aromatic carbocycles. The summed E-state index contributed by atoms with van der Waals surface area (Å²) in [5, 5.41) is 0. The van der Waals surface area contributed by atoms with E-state index in [0.29, 0.717) is 6.04 Å². The molecule has 1 saturated carbocycles. The van der Waals surface area contributed by atoms with Crippen LogP contribution in [-0.2, 0) is 10.9 Å². The summed E-state index contributed by atoms with van der Waals surface area (Å²) in [6.45, 7) is 2.17. The van der Waals surface area contributed by atoms with E-state index in [-0.39, 0.29) is 12.0 Å². The normalized spacial score (nSPS) is 29.6. The third-order valence-electron chi connectivity index (χ3n) is 5.60. The first-order chi connectivity index (χ1) is 11.5. The molecular formula is C19H26F3NO. The number of hydrogen-bond donors (Lipinski definition) is 0. The van der Waals surface area contributed by atoms with Crippen LogP contribution in [0.15, 0.2) is 24.3 Å². The Balaban J connectivity index is 1.77. The maximum Gasteiger partial charge on any atom is 0.416 e. The number of nitrogens with zero attached hydrogens (tertiary/aromatic N) is 1. The molecule has 24 heavy (non-hydrogen) atoms. The SMILES string of the molecule is CO[C@H]1CC[C@H](c2cccc(C(F)(F)F)c2)C[C@@H]1N1CCCCC1. The summed E-state index contributed by atoms with van der Waals surface area (Å²) in [4.78, 5) is 2.50. The Kier molecular flexibility index (Phi) is 5.50. The molecule has 0 amide bonds. The first kappa shape index (κ1) is 17.7. The lowest BCUT2D eigenvalue weighted by atomic mass is 9.78. The Bertz CT molecular complexity index is 540. The van der Waals surface area contributed by atoms with Crippen molar-refractivity contribution in [1.29, 1.82) is 0 Å². The lowest BCUT2D eigenvalue weighted by Crippen LogP contribution is -2.49. The quantitative estimate of drug-likeness (QED) is 0.780. The second kappa shape index (κ2) is 7.44. The van der Waals surface area contributed by atoms with Crippen LogP contribution in [0.3, 0.4) is 0 Å². The van der Waals surface area contributed by atoms with Crippen LogP contribution in [0, 0.1) is 0 Å². The van der Waals surface area contributed by atoms with Crippen molar-refractivity contribution in [2.75, 3.05) is 20.2 Å². The molecule has 134 valence electrons. The average Bonchev–Trinajstić information content (AvgIpc) is 2.61. The van der Waals surface area contributed by atoms with E-state index in [4.69, 9.17) is 4.74 Å². The minimum Gasteiger partial charge on any atom is -0.380 e. The molecule has 1 aromatic rings. The highest BCUT2D eigenvalue weighted by Crippen LogP contribution is 2.39. The predicted molar refractivity (Wildman–Crippen MR) is 88.0 cm³/mol. The van der Waals surface area contributed by atoms with Crippen molar-refractivity contribution in [2.45, 2.75) is 62.8 Å². The Hall–Kier alpha value is -1.07. The molecular weight excluding hydrogens is 315 g/mol. The smallest absolute Gasteiger partial charge is 0.380 e. The average molecular weight is 341 g/mol. The van der Waals surface area contributed by atoms with Gasteiger partial charge in [-0.2, -0.15) is 13.2 Å². The van der Waals surface area contributed by atoms with E-state index >= 15 is 0 Å². The molecule has 3 rings (SSSR count). The van der Waals surface area contributed by atoms with Crippen molar-refractivity contribution in [1.82, 2.24) is 4.90 Å². The summed E-state index contributed by atoms with van der Waals surface area (Å²) in [6, 6.07) is 6.21. The zero-order valence-corrected chi connectivity index (χ0v) is 14.2. The molecule has 0 radical (unpaired) electrons. The molecule has 1 aliphatic heterocycles. The molecule has 0 bridgehead atoms. The summed E-state index contributed by atoms with van der Waals surface area (Å²) in [5.41, 5.74) is 0.282. The number of likely N-dealkylation sites (tertiary alicyclic amines) is 1. The number of halogens is 3. The van der Waals surface area contributed by atoms with Crippen molar-refractivity contribution in [3.05, 3.63) is 35.4 Å². The Morgan fingerprint density at radius 3 is 2.50 bits per heavy atom. The molecule has 2 nitrogen and oxygen atoms in total. The van der Waals surface area contributed by atoms with Gasteiger partial charge in [-0.3, -0.25) is 4.90 Å². The highest BCUT2D eigenvalue weighted by Gasteiger charge is 2.36. The molecule has 2 aliphatic rings. The second-order valence-electron chi connectivity index (χ2n) is 7.07. The molecule has 1 saturated heterocycles. The lowest BCUT2D eigenvalue weighted by Gasteiger charge is -2.43. The van der Waals surface area contributed by atoms with E-state index < -0.39 is 11.7 Å². The number of benzene rings is 1. The van der Waals surface area contributed by atoms with Crippen LogP contribution in [0.1, 0.15) is 55.6 Å². The van der Waals surface area contributed by atoms with Gasteiger partial charge in [-0.1, -0.05) is 24.6 Å². The van der Waals surface area contributed by atoms with Gasteiger partial charge in [-0.25, -0.2) is 0 Å². The highest BCUT2D eigenvalue weighted by atomic mass is 19.4. The minimum absolute atomic E-state index is 0.186. The highest BCUT2D eigenvalue weighted by molar-refractivity contribution is 5.29. The molecule has 0 unspecified atom stereocenters. The van der Waals surface area contributed by atoms with Crippen molar-refractivity contribution in [3.63, 3.8) is 0 Å². The Morgan fingerprint density at radius 2 is 1.83 bits per heavy atom. The number of hydrogen-bond acceptors (Lipinski definition) is 2. The van der Waals surface area contributed by atoms with Gasteiger partial charge in [0, 0.05) is 13.2 Å². The van der Waals surface area contributed by atoms with E-state index in [9.17, 15) is 13.2 Å². The molecule has 1 aliphatic carbocycles. The zero-order chi connectivity index (χ0) is 17.2. The second-order valence-corrected chi connectivity index (χ2v) is 7.07. The minimum atomic E-state index is -4.27. The van der Waals surface area contributed by atoms with Gasteiger partial charge in [-0.15, -0.1) is 0 Å². The van der Waals surface area contributed by atoms with Crippen LogP contribution >= 0.6 is 0 Å². The first-order valence-electron chi connectivity index (χ1n) is 8.93. The van der Waals surface area contributed by atoms with Gasteiger partial charge in [0.15, 0.2) is 0 Å². The number of piperidine rings is 1. The number of alkyl halides is 3. The van der Waals surface area contributed by atoms with Crippen molar-refractivity contribution < 1.29 is 17.9 Å². The van der Waals surface area contributed by atoms with Crippen LogP contribution in [0.2, 0.25) is 0 Å². The van der Waals surface area contributed by atoms with Crippen LogP contribution < -0.4 is 0 Å². The summed E-state index contributed by atoms with van der Waals surface area (Å²) >= 11 is 0. The number of rotatable bonds is 3. The molecule has 1 heterocycles. The standard InChI is InChI=1S/C19H26F3NO/c1-24-18-9-8-15(13-17(18)23-10-3-2-4-11-23)14-6-5-7-16(12-14)19(20,21)22/h5-7,12,15,17-18H,2-4,8-11,13H2,1H3/t15-,17-,18-/m0/s1. The number of methoxy groups -OCH3 is 1. The van der Waals surface area contributed by atoms with Gasteiger partial charge in [0.2, 0.25) is 0 Å². The zero-order valence-electron chi connectivity index (χ0n) is 14.2. The van der Waals surface area contributed by atoms with E-state index in [2.05, 4.69) is 4.90 Å². The fraction of sp³-hybridized carbons (Fsp3) is 0.684. The van der Waals surface area contributed by atoms with Gasteiger partial charge in [0.05, 0.1) is 11.7 Å². The van der Waals surface area contributed by atoms with E-state index in [1.54, 1.807) is 7.11 Å². The van der Waals surface area contributed by atoms with Crippen molar-refractivity contribution >= 4 is 0 Å². The molecule has 0 N–H and O–H groups in total. The largest absolute Gasteiger partial charge is 0.416 e. The van der Waals surface area contributed by atoms with Crippen LogP contribution in [0.25, 0.3) is 0 Å². The van der Waals surface area contributed by atoms with Crippen molar-refractivity contribution in [3.8, 4) is 0 Å². The summed E-state index contributed by atoms with van der Waals surface area (Å²) in [5.74, 6) is 0.186. The molecule has 2 fully saturated rings. The van der Waals surface area contributed by atoms with Crippen LogP contribution in [-0.4, -0.2) is 37.2 Å². The van der Waals surface area contributed by atoms with Gasteiger partial charge >= 0.3 is 6.18 Å². The molecule has 3 atom stereocenters. The van der Waals surface area contributed by atoms with E-state index in [1.807, 2.05) is 6.07 Å². The van der Waals surface area contributed by atoms with E-state index in [0.717, 1.165) is 44.0 Å². The van der Waals surface area contributed by atoms with Gasteiger partial charge in [-0.05, 0) is 62.7 Å². The number of ether oxygens (including phenoxy) is 1. The Morgan fingerprint density at radius 1 is 1.08 bits per heavy atom. The fourth-order valence-electron chi connectivity index (χ4n) is 4.30. The maximum absolute atomic E-state index is 13.0. The van der Waals surface area contributed by atoms with Crippen molar-refractivity contribution in [2.24, 2.45) is 0 Å². The molecule has 5 heteroatoms. The first-order valence-corrected chi connectivity index (χ1v) is 8.93. The lowest BCUT2D eigenvalue weighted by molar-refractivity contribution is -0.137. The van der Waals surface area contributed by atoms with Gasteiger partial charge in [0.1, 0.15) is 0 Å². The topological polar surface area (TPSA) is 12.5 Å². The summed E-state index contributed by atoms with van der Waals surface area (Å²) in [6.07, 6.45) is 2.32. The molecule has 0 spiro atoms. The van der Waals surface area contributed by atoms with Crippen LogP contribution in [0.4, 0.5) is 13.2 Å². The Labute approximate surface area is 142 Å². The fourth-order valence-corrected chi connectivity index (χ4v) is 4.30. The monoisotopic (exact) mass is 341 g/mol. The predicted octanol–water partition coefficient (Wildman–Crippen LogP) is 4.84. The third kappa shape index (κ3) is 3.94. The molecule has 0 aromatic heterocycles. The van der Waals surface area contributed by atoms with E-state index in [1.165, 1.54) is 31.4 Å². The van der Waals surface area contributed by atoms with Gasteiger partial charge < -0.3 is 4.74 Å².